The predicted octanol–water partition coefficient (Wildman–Crippen LogP) is 1.50. The van der Waals surface area contributed by atoms with Crippen molar-refractivity contribution in [3.63, 3.8) is 0 Å². The molecule has 2 nitrogen and oxygen atoms in total. The molecule has 2 aromatic rings. The number of fused-ring (bicyclic) bond motifs is 1. The summed E-state index contributed by atoms with van der Waals surface area (Å²) >= 11 is -1.90. The molecule has 0 aliphatic carbocycles. The Kier molecular flexibility index (Phi) is 4.76. The third-order valence-corrected chi connectivity index (χ3v) is 2.67. The van der Waals surface area contributed by atoms with Crippen LogP contribution in [-0.4, -0.2) is 54.2 Å². The van der Waals surface area contributed by atoms with Crippen LogP contribution in [0.1, 0.15) is 0 Å². The molecule has 0 aromatic heterocycles. The van der Waals surface area contributed by atoms with Gasteiger partial charge in [0, 0.05) is 5.39 Å². The SMILES string of the molecule is O=S(O)c1cccc2ccccc12.[SrH2]. The van der Waals surface area contributed by atoms with Gasteiger partial charge in [0.1, 0.15) is 0 Å². The fourth-order valence-electron chi connectivity index (χ4n) is 1.35. The molecule has 1 atom stereocenters. The van der Waals surface area contributed by atoms with Gasteiger partial charge in [0.25, 0.3) is 0 Å². The Balaban J connectivity index is 0.000000980. The van der Waals surface area contributed by atoms with E-state index in [-0.39, 0.29) is 45.5 Å². The molecule has 0 radical (unpaired) electrons. The van der Waals surface area contributed by atoms with E-state index >= 15 is 0 Å². The molecular weight excluding hydrogens is 272 g/mol. The fourth-order valence-corrected chi connectivity index (χ4v) is 1.92. The summed E-state index contributed by atoms with van der Waals surface area (Å²) in [5.41, 5.74) is 0. The van der Waals surface area contributed by atoms with Crippen LogP contribution in [0.15, 0.2) is 47.4 Å². The Morgan fingerprint density at radius 3 is 2.36 bits per heavy atom. The summed E-state index contributed by atoms with van der Waals surface area (Å²) in [6, 6.07) is 12.9. The van der Waals surface area contributed by atoms with Crippen molar-refractivity contribution in [3.8, 4) is 0 Å². The molecule has 2 aromatic carbocycles. The average molecular weight is 282 g/mol. The van der Waals surface area contributed by atoms with Crippen LogP contribution in [0.2, 0.25) is 0 Å². The van der Waals surface area contributed by atoms with E-state index < -0.39 is 11.1 Å². The molecule has 0 heterocycles. The summed E-state index contributed by atoms with van der Waals surface area (Å²) in [6.45, 7) is 0. The van der Waals surface area contributed by atoms with E-state index in [9.17, 15) is 4.21 Å². The van der Waals surface area contributed by atoms with Gasteiger partial charge in [-0.15, -0.1) is 0 Å². The first-order valence-corrected chi connectivity index (χ1v) is 4.98. The third kappa shape index (κ3) is 2.45. The van der Waals surface area contributed by atoms with E-state index in [2.05, 4.69) is 0 Å². The zero-order valence-electron chi connectivity index (χ0n) is 6.81. The third-order valence-electron chi connectivity index (χ3n) is 1.94. The van der Waals surface area contributed by atoms with Gasteiger partial charge >= 0.3 is 45.5 Å². The zero-order valence-corrected chi connectivity index (χ0v) is 7.62. The van der Waals surface area contributed by atoms with Gasteiger partial charge in [-0.3, -0.25) is 0 Å². The minimum atomic E-state index is -1.90. The Morgan fingerprint density at radius 2 is 1.64 bits per heavy atom. The van der Waals surface area contributed by atoms with Crippen molar-refractivity contribution in [2.45, 2.75) is 4.90 Å². The first kappa shape index (κ1) is 12.4. The standard InChI is InChI=1S/C10H8O2S.Sr.2H/c11-13(12)10-7-3-5-8-4-1-2-6-9(8)10;;;/h1-7H,(H,11,12);;;. The minimum absolute atomic E-state index is 0. The topological polar surface area (TPSA) is 37.3 Å². The van der Waals surface area contributed by atoms with Crippen LogP contribution >= 0.6 is 0 Å². The van der Waals surface area contributed by atoms with Crippen LogP contribution < -0.4 is 0 Å². The maximum atomic E-state index is 10.9. The molecular formula is C10H10O2SSr. The van der Waals surface area contributed by atoms with Gasteiger partial charge in [-0.05, 0) is 11.5 Å². The van der Waals surface area contributed by atoms with Crippen LogP contribution in [0, 0.1) is 0 Å². The van der Waals surface area contributed by atoms with Crippen molar-refractivity contribution >= 4 is 67.3 Å². The number of hydrogen-bond donors (Lipinski definition) is 1. The Labute approximate surface area is 122 Å². The van der Waals surface area contributed by atoms with Gasteiger partial charge < -0.3 is 4.55 Å². The monoisotopic (exact) mass is 282 g/mol. The van der Waals surface area contributed by atoms with Gasteiger partial charge in [-0.2, -0.15) is 0 Å². The summed E-state index contributed by atoms with van der Waals surface area (Å²) < 4.78 is 19.9. The zero-order chi connectivity index (χ0) is 9.26. The Hall–Kier alpha value is 0.291. The second-order valence-electron chi connectivity index (χ2n) is 2.73. The van der Waals surface area contributed by atoms with Gasteiger partial charge in [0.05, 0.1) is 4.90 Å². The number of benzene rings is 2. The average Bonchev–Trinajstić information content (AvgIpc) is 2.17. The Morgan fingerprint density at radius 1 is 1.00 bits per heavy atom. The first-order valence-electron chi connectivity index (χ1n) is 3.87. The van der Waals surface area contributed by atoms with Crippen molar-refractivity contribution in [1.29, 1.82) is 0 Å². The second kappa shape index (κ2) is 5.40. The molecule has 0 saturated carbocycles. The van der Waals surface area contributed by atoms with Crippen LogP contribution in [0.5, 0.6) is 0 Å². The van der Waals surface area contributed by atoms with Crippen LogP contribution in [0.4, 0.5) is 0 Å². The van der Waals surface area contributed by atoms with E-state index in [0.717, 1.165) is 10.8 Å². The first-order chi connectivity index (χ1) is 6.29. The van der Waals surface area contributed by atoms with Crippen molar-refractivity contribution in [2.75, 3.05) is 0 Å². The second-order valence-corrected chi connectivity index (χ2v) is 3.66. The quantitative estimate of drug-likeness (QED) is 0.635. The van der Waals surface area contributed by atoms with Gasteiger partial charge in [0.15, 0.2) is 11.1 Å². The molecule has 0 amide bonds. The van der Waals surface area contributed by atoms with Crippen molar-refractivity contribution in [2.24, 2.45) is 0 Å². The van der Waals surface area contributed by atoms with Crippen molar-refractivity contribution < 1.29 is 8.76 Å². The molecule has 14 heavy (non-hydrogen) atoms. The molecule has 0 bridgehead atoms. The van der Waals surface area contributed by atoms with E-state index in [1.54, 1.807) is 12.1 Å². The molecule has 70 valence electrons. The summed E-state index contributed by atoms with van der Waals surface area (Å²) in [4.78, 5) is 0.470. The maximum absolute atomic E-state index is 10.9. The van der Waals surface area contributed by atoms with Crippen molar-refractivity contribution in [1.82, 2.24) is 0 Å². The molecule has 0 fully saturated rings. The van der Waals surface area contributed by atoms with E-state index in [1.807, 2.05) is 30.3 Å². The van der Waals surface area contributed by atoms with E-state index in [1.165, 1.54) is 0 Å². The molecule has 2 rings (SSSR count). The molecule has 0 saturated heterocycles. The summed E-state index contributed by atoms with van der Waals surface area (Å²) in [6.07, 6.45) is 0. The van der Waals surface area contributed by atoms with Crippen LogP contribution in [-0.2, 0) is 11.1 Å². The van der Waals surface area contributed by atoms with Crippen molar-refractivity contribution in [3.05, 3.63) is 42.5 Å². The molecule has 0 aliphatic rings. The van der Waals surface area contributed by atoms with E-state index in [0.29, 0.717) is 4.90 Å². The van der Waals surface area contributed by atoms with Gasteiger partial charge in [-0.1, -0.05) is 36.4 Å². The van der Waals surface area contributed by atoms with Crippen LogP contribution in [0.25, 0.3) is 10.8 Å². The Bertz CT molecular complexity index is 465. The summed E-state index contributed by atoms with van der Waals surface area (Å²) in [5, 5.41) is 1.83. The summed E-state index contributed by atoms with van der Waals surface area (Å²) in [7, 11) is 0. The molecule has 1 N–H and O–H groups in total. The number of rotatable bonds is 1. The predicted molar refractivity (Wildman–Crippen MR) is 61.5 cm³/mol. The van der Waals surface area contributed by atoms with Gasteiger partial charge in [0.2, 0.25) is 0 Å². The molecule has 1 unspecified atom stereocenters. The van der Waals surface area contributed by atoms with Gasteiger partial charge in [-0.25, -0.2) is 4.21 Å². The number of hydrogen-bond acceptors (Lipinski definition) is 1. The fraction of sp³-hybridized carbons (Fsp3) is 0. The molecule has 0 spiro atoms. The normalized spacial score (nSPS) is 12.1. The molecule has 4 heteroatoms. The van der Waals surface area contributed by atoms with E-state index in [4.69, 9.17) is 4.55 Å². The van der Waals surface area contributed by atoms with Crippen LogP contribution in [0.3, 0.4) is 0 Å². The summed E-state index contributed by atoms with van der Waals surface area (Å²) in [5.74, 6) is 0. The molecule has 0 aliphatic heterocycles.